The Morgan fingerprint density at radius 1 is 0.895 bits per heavy atom. The number of carbonyl (C=O) groups is 2. The first kappa shape index (κ1) is 51.6. The van der Waals surface area contributed by atoms with Crippen LogP contribution < -0.4 is 4.74 Å². The maximum absolute atomic E-state index is 14.1. The van der Waals surface area contributed by atoms with Crippen molar-refractivity contribution in [3.63, 3.8) is 0 Å². The number of aliphatic carboxylic acids is 1. The van der Waals surface area contributed by atoms with E-state index in [1.54, 1.807) is 18.7 Å². The Balaban J connectivity index is 2.45. The lowest BCUT2D eigenvalue weighted by Crippen LogP contribution is -2.45. The van der Waals surface area contributed by atoms with Crippen molar-refractivity contribution in [3.05, 3.63) is 52.1 Å². The molecule has 0 aliphatic heterocycles. The van der Waals surface area contributed by atoms with Crippen LogP contribution in [0.5, 0.6) is 5.75 Å². The van der Waals surface area contributed by atoms with E-state index in [9.17, 15) is 14.7 Å². The highest BCUT2D eigenvalue weighted by atomic mass is 35.5. The zero-order valence-electron chi connectivity index (χ0n) is 38.1. The number of ether oxygens (including phenoxy) is 2. The van der Waals surface area contributed by atoms with Crippen LogP contribution in [0.1, 0.15) is 140 Å². The van der Waals surface area contributed by atoms with Crippen molar-refractivity contribution in [1.82, 2.24) is 0 Å². The van der Waals surface area contributed by atoms with Gasteiger partial charge in [-0.15, -0.1) is 11.8 Å². The molecule has 0 spiro atoms. The molecule has 0 bridgehead atoms. The van der Waals surface area contributed by atoms with Crippen LogP contribution in [0.25, 0.3) is 0 Å². The van der Waals surface area contributed by atoms with Gasteiger partial charge < -0.3 is 23.4 Å². The minimum absolute atomic E-state index is 0.00221. The number of benzene rings is 1. The van der Waals surface area contributed by atoms with Crippen LogP contribution in [0.15, 0.2) is 47.1 Å². The van der Waals surface area contributed by atoms with Gasteiger partial charge in [0.2, 0.25) is 0 Å². The van der Waals surface area contributed by atoms with Crippen molar-refractivity contribution < 1.29 is 33.0 Å². The Morgan fingerprint density at radius 3 is 2.09 bits per heavy atom. The Kier molecular flexibility index (Phi) is 20.7. The van der Waals surface area contributed by atoms with Crippen molar-refractivity contribution in [2.45, 2.75) is 188 Å². The van der Waals surface area contributed by atoms with Crippen LogP contribution in [0.2, 0.25) is 41.3 Å². The normalized spacial score (nSPS) is 18.3. The molecular weight excluding hydrogens is 788 g/mol. The van der Waals surface area contributed by atoms with Crippen molar-refractivity contribution >= 4 is 51.9 Å². The summed E-state index contributed by atoms with van der Waals surface area (Å²) in [6.07, 6.45) is 14.0. The van der Waals surface area contributed by atoms with E-state index in [2.05, 4.69) is 86.8 Å². The van der Waals surface area contributed by atoms with Crippen LogP contribution >= 0.6 is 23.4 Å². The second-order valence-electron chi connectivity index (χ2n) is 19.8. The predicted molar refractivity (Wildman–Crippen MR) is 246 cm³/mol. The molecule has 1 aliphatic carbocycles. The molecule has 0 saturated heterocycles. The second kappa shape index (κ2) is 22.9. The molecule has 1 aliphatic rings. The van der Waals surface area contributed by atoms with Gasteiger partial charge in [0.1, 0.15) is 11.5 Å². The van der Waals surface area contributed by atoms with E-state index in [4.69, 9.17) is 29.9 Å². The number of carbonyl (C=O) groups excluding carboxylic acids is 1. The second-order valence-corrected chi connectivity index (χ2v) is 30.9. The summed E-state index contributed by atoms with van der Waals surface area (Å²) < 4.78 is 26.7. The van der Waals surface area contributed by atoms with Gasteiger partial charge in [0.15, 0.2) is 16.6 Å². The minimum atomic E-state index is -2.22. The van der Waals surface area contributed by atoms with Gasteiger partial charge in [-0.2, -0.15) is 0 Å². The van der Waals surface area contributed by atoms with Crippen LogP contribution in [-0.2, 0) is 23.2 Å². The van der Waals surface area contributed by atoms with E-state index in [1.807, 2.05) is 38.1 Å². The van der Waals surface area contributed by atoms with Gasteiger partial charge >= 0.3 is 11.9 Å². The smallest absolute Gasteiger partial charge is 0.316 e. The van der Waals surface area contributed by atoms with Gasteiger partial charge in [-0.05, 0) is 119 Å². The van der Waals surface area contributed by atoms with Crippen molar-refractivity contribution in [1.29, 1.82) is 0 Å². The van der Waals surface area contributed by atoms with E-state index in [1.165, 1.54) is 6.42 Å². The molecule has 11 heteroatoms. The first-order chi connectivity index (χ1) is 26.3. The Bertz CT molecular complexity index is 1460. The molecule has 1 aromatic rings. The molecule has 326 valence electrons. The van der Waals surface area contributed by atoms with E-state index in [0.717, 1.165) is 61.4 Å². The lowest BCUT2D eigenvalue weighted by Gasteiger charge is -2.40. The molecule has 0 saturated carbocycles. The summed E-state index contributed by atoms with van der Waals surface area (Å²) in [7, 11) is -4.28. The number of halogens is 1. The zero-order chi connectivity index (χ0) is 43.2. The van der Waals surface area contributed by atoms with Gasteiger partial charge in [0.25, 0.3) is 0 Å². The van der Waals surface area contributed by atoms with E-state index < -0.39 is 28.0 Å². The van der Waals surface area contributed by atoms with Crippen molar-refractivity contribution in [2.24, 2.45) is 17.3 Å². The Morgan fingerprint density at radius 2 is 1.51 bits per heavy atom. The fourth-order valence-electron chi connectivity index (χ4n) is 6.10. The SMILES string of the molecule is CCCCC[C@@H](C=C[C@@H]1C(SCCCCC(C)C(=O)O)=C(OC(=O)C(C)(C)CCCCOc2ccc(Cl)cc2)C[C@H]1O[Si](C)(C)C(C)(C)C)O[Si](C)(C)C(C)(C)C. The molecule has 2 rings (SSSR count). The molecule has 1 unspecified atom stereocenters. The molecule has 0 fully saturated rings. The minimum Gasteiger partial charge on any atom is -0.494 e. The fraction of sp³-hybridized carbons (Fsp3) is 0.739. The number of carboxylic acids is 1. The van der Waals surface area contributed by atoms with E-state index in [0.29, 0.717) is 36.7 Å². The highest BCUT2D eigenvalue weighted by molar-refractivity contribution is 8.03. The zero-order valence-corrected chi connectivity index (χ0v) is 41.7. The first-order valence-electron chi connectivity index (χ1n) is 21.5. The first-order valence-corrected chi connectivity index (χ1v) is 28.7. The largest absolute Gasteiger partial charge is 0.494 e. The topological polar surface area (TPSA) is 91.3 Å². The van der Waals surface area contributed by atoms with Crippen LogP contribution in [0.4, 0.5) is 0 Å². The number of thioether (sulfide) groups is 1. The van der Waals surface area contributed by atoms with Crippen LogP contribution in [0.3, 0.4) is 0 Å². The summed E-state index contributed by atoms with van der Waals surface area (Å²) in [4.78, 5) is 26.6. The number of hydrogen-bond donors (Lipinski definition) is 1. The fourth-order valence-corrected chi connectivity index (χ4v) is 10.2. The molecule has 0 amide bonds. The van der Waals surface area contributed by atoms with Gasteiger partial charge in [-0.25, -0.2) is 0 Å². The Hall–Kier alpha value is -1.57. The maximum Gasteiger partial charge on any atom is 0.316 e. The summed E-state index contributed by atoms with van der Waals surface area (Å²) in [5, 5.41) is 10.2. The average Bonchev–Trinajstić information content (AvgIpc) is 3.40. The summed E-state index contributed by atoms with van der Waals surface area (Å²) in [6.45, 7) is 31.4. The Labute approximate surface area is 359 Å². The lowest BCUT2D eigenvalue weighted by molar-refractivity contribution is -0.150. The average molecular weight is 868 g/mol. The summed E-state index contributed by atoms with van der Waals surface area (Å²) in [5.74, 6) is 0.868. The number of hydrogen-bond acceptors (Lipinski definition) is 7. The van der Waals surface area contributed by atoms with Gasteiger partial charge in [-0.1, -0.05) is 105 Å². The quantitative estimate of drug-likeness (QED) is 0.0450. The molecule has 0 aromatic heterocycles. The van der Waals surface area contributed by atoms with Gasteiger partial charge in [0, 0.05) is 22.3 Å². The third-order valence-electron chi connectivity index (χ3n) is 12.3. The third kappa shape index (κ3) is 17.1. The lowest BCUT2D eigenvalue weighted by atomic mass is 9.87. The highest BCUT2D eigenvalue weighted by Gasteiger charge is 2.46. The monoisotopic (exact) mass is 866 g/mol. The number of carboxylic acid groups (broad SMARTS) is 1. The molecule has 1 N–H and O–H groups in total. The summed E-state index contributed by atoms with van der Waals surface area (Å²) in [6, 6.07) is 7.36. The molecular formula is C46H79ClO7SSi2. The number of rotatable bonds is 25. The van der Waals surface area contributed by atoms with Gasteiger partial charge in [0.05, 0.1) is 30.1 Å². The number of unbranched alkanes of at least 4 members (excludes halogenated alkanes) is 4. The molecule has 7 nitrogen and oxygen atoms in total. The standard InChI is InChI=1S/C46H79ClO7SSi2/c1-15-16-17-23-37(53-56(11,12)44(3,4)5)28-29-38-39(54-57(13,14)45(6,7)8)33-40(41(38)55-32-21-18-22-34(2)42(48)49)52-43(50)46(9,10)30-19-20-31-51-36-26-24-35(47)25-27-36/h24-29,34,37-39H,15-23,30-33H2,1-14H3,(H,48,49)/t34?,37-,38-,39+/m0/s1. The van der Waals surface area contributed by atoms with Crippen LogP contribution in [0, 0.1) is 17.3 Å². The molecule has 57 heavy (non-hydrogen) atoms. The van der Waals surface area contributed by atoms with Crippen molar-refractivity contribution in [2.75, 3.05) is 12.4 Å². The molecule has 0 radical (unpaired) electrons. The number of esters is 1. The van der Waals surface area contributed by atoms with Crippen molar-refractivity contribution in [3.8, 4) is 5.75 Å². The molecule has 0 heterocycles. The van der Waals surface area contributed by atoms with E-state index >= 15 is 0 Å². The molecule has 1 aromatic carbocycles. The molecule has 4 atom stereocenters. The van der Waals surface area contributed by atoms with E-state index in [-0.39, 0.29) is 40.1 Å². The third-order valence-corrected chi connectivity index (χ3v) is 22.8. The maximum atomic E-state index is 14.1. The van der Waals surface area contributed by atoms with Gasteiger partial charge in [-0.3, -0.25) is 9.59 Å². The summed E-state index contributed by atoms with van der Waals surface area (Å²) in [5.41, 5.74) is -0.693. The highest BCUT2D eigenvalue weighted by Crippen LogP contribution is 2.48. The van der Waals surface area contributed by atoms with Crippen LogP contribution in [-0.4, -0.2) is 58.2 Å². The summed E-state index contributed by atoms with van der Waals surface area (Å²) >= 11 is 7.76. The predicted octanol–water partition coefficient (Wildman–Crippen LogP) is 14.2.